The number of nitrogens with one attached hydrogen (secondary N) is 1. The van der Waals surface area contributed by atoms with Gasteiger partial charge in [-0.15, -0.1) is 0 Å². The topological polar surface area (TPSA) is 41.5 Å². The summed E-state index contributed by atoms with van der Waals surface area (Å²) >= 11 is 0. The Balaban J connectivity index is 2.23. The highest BCUT2D eigenvalue weighted by molar-refractivity contribution is 5.13. The predicted octanol–water partition coefficient (Wildman–Crippen LogP) is 1.18. The van der Waals surface area contributed by atoms with Crippen molar-refractivity contribution in [2.45, 2.75) is 13.0 Å². The van der Waals surface area contributed by atoms with Crippen molar-refractivity contribution in [2.24, 2.45) is 0 Å². The first kappa shape index (κ1) is 7.39. The van der Waals surface area contributed by atoms with Crippen LogP contribution in [0.1, 0.15) is 17.5 Å². The normalized spacial score (nSPS) is 16.3. The average molecular weight is 213 g/mol. The predicted molar refractivity (Wildman–Crippen MR) is 60.7 cm³/mol. The zero-order valence-corrected chi connectivity index (χ0v) is 8.57. The number of hydrogen-bond donors (Lipinski definition) is 2. The van der Waals surface area contributed by atoms with E-state index in [1.807, 2.05) is 30.3 Å². The van der Waals surface area contributed by atoms with Gasteiger partial charge in [0.25, 0.3) is 0 Å². The molecule has 0 saturated heterocycles. The highest BCUT2D eigenvalue weighted by Crippen LogP contribution is 1.99. The second kappa shape index (κ2) is 8.41. The Bertz CT molecular complexity index is 368. The second-order valence-corrected chi connectivity index (χ2v) is 2.99. The molecule has 0 fully saturated rings. The van der Waals surface area contributed by atoms with Gasteiger partial charge in [-0.25, -0.2) is 0 Å². The minimum atomic E-state index is -2.28. The van der Waals surface area contributed by atoms with Crippen molar-refractivity contribution in [2.75, 3.05) is 26.2 Å². The van der Waals surface area contributed by atoms with Crippen molar-refractivity contribution in [1.29, 1.82) is 0 Å². The van der Waals surface area contributed by atoms with Crippen LogP contribution in [-0.4, -0.2) is 31.3 Å². The fourth-order valence-corrected chi connectivity index (χ4v) is 1.05. The summed E-state index contributed by atoms with van der Waals surface area (Å²) in [5.41, 5.74) is 0.963. The maximum Gasteiger partial charge on any atom is 0.0717 e. The third-order valence-corrected chi connectivity index (χ3v) is 1.77. The molecule has 3 heteroatoms. The van der Waals surface area contributed by atoms with Gasteiger partial charge >= 0.3 is 0 Å². The van der Waals surface area contributed by atoms with Crippen LogP contribution >= 0.6 is 0 Å². The number of aliphatic hydroxyl groups is 1. The maximum absolute atomic E-state index is 8.88. The number of hydrogen-bond acceptors (Lipinski definition) is 3. The molecule has 0 bridgehead atoms. The minimum Gasteiger partial charge on any atom is -0.396 e. The number of ether oxygens (including phenoxy) is 1. The van der Waals surface area contributed by atoms with Gasteiger partial charge in [-0.1, -0.05) is 30.3 Å². The third-order valence-electron chi connectivity index (χ3n) is 1.77. The zero-order valence-electron chi connectivity index (χ0n) is 12.6. The molecule has 2 N–H and O–H groups in total. The number of rotatable bonds is 8. The highest BCUT2D eigenvalue weighted by atomic mass is 16.5. The van der Waals surface area contributed by atoms with Gasteiger partial charge < -0.3 is 15.2 Å². The molecule has 0 unspecified atom stereocenters. The summed E-state index contributed by atoms with van der Waals surface area (Å²) in [6, 6.07) is 9.45. The van der Waals surface area contributed by atoms with Gasteiger partial charge in [0.1, 0.15) is 0 Å². The Labute approximate surface area is 96.7 Å². The van der Waals surface area contributed by atoms with Gasteiger partial charge in [-0.2, -0.15) is 0 Å². The molecule has 0 heterocycles. The molecule has 15 heavy (non-hydrogen) atoms. The van der Waals surface area contributed by atoms with Gasteiger partial charge in [0, 0.05) is 15.8 Å². The van der Waals surface area contributed by atoms with E-state index in [1.165, 1.54) is 0 Å². The minimum absolute atomic E-state index is 0.0329. The van der Waals surface area contributed by atoms with Crippen LogP contribution in [0.3, 0.4) is 0 Å². The fourth-order valence-electron chi connectivity index (χ4n) is 1.05. The van der Waals surface area contributed by atoms with Crippen molar-refractivity contribution in [3.05, 3.63) is 35.9 Å². The molecule has 0 saturated carbocycles. The van der Waals surface area contributed by atoms with E-state index in [1.54, 1.807) is 0 Å². The number of benzene rings is 1. The second-order valence-electron chi connectivity index (χ2n) is 2.99. The van der Waals surface area contributed by atoms with Crippen molar-refractivity contribution in [1.82, 2.24) is 5.32 Å². The lowest BCUT2D eigenvalue weighted by Crippen LogP contribution is -2.21. The summed E-state index contributed by atoms with van der Waals surface area (Å²) in [5, 5.41) is 11.4. The van der Waals surface area contributed by atoms with Crippen molar-refractivity contribution < 1.29 is 15.3 Å². The van der Waals surface area contributed by atoms with Crippen LogP contribution in [0.2, 0.25) is 0 Å². The Morgan fingerprint density at radius 1 is 1.33 bits per heavy atom. The zero-order chi connectivity index (χ0) is 14.4. The summed E-state index contributed by atoms with van der Waals surface area (Å²) in [5.74, 6) is 0. The van der Waals surface area contributed by atoms with E-state index in [0.717, 1.165) is 5.56 Å². The lowest BCUT2D eigenvalue weighted by Gasteiger charge is -2.05. The van der Waals surface area contributed by atoms with E-state index in [9.17, 15) is 0 Å². The standard InChI is InChI=1S/C12H19NO2/c14-9-4-7-13-8-10-15-11-12-5-2-1-3-6-12/h1-3,5-6,13-14H,4,7-11H2/i8D2,9D2. The Morgan fingerprint density at radius 2 is 2.13 bits per heavy atom. The van der Waals surface area contributed by atoms with Crippen molar-refractivity contribution >= 4 is 0 Å². The van der Waals surface area contributed by atoms with E-state index >= 15 is 0 Å². The summed E-state index contributed by atoms with van der Waals surface area (Å²) in [4.78, 5) is 0. The molecular weight excluding hydrogens is 190 g/mol. The molecule has 3 nitrogen and oxygen atoms in total. The summed E-state index contributed by atoms with van der Waals surface area (Å²) in [6.07, 6.45) is -0.175. The largest absolute Gasteiger partial charge is 0.396 e. The molecule has 0 spiro atoms. The molecule has 0 aromatic heterocycles. The Morgan fingerprint density at radius 3 is 2.87 bits per heavy atom. The van der Waals surface area contributed by atoms with Crippen LogP contribution in [-0.2, 0) is 11.3 Å². The van der Waals surface area contributed by atoms with Gasteiger partial charge in [0.2, 0.25) is 0 Å². The summed E-state index contributed by atoms with van der Waals surface area (Å²) in [6.45, 7) is -3.82. The van der Waals surface area contributed by atoms with Gasteiger partial charge in [0.15, 0.2) is 0 Å². The lowest BCUT2D eigenvalue weighted by atomic mass is 10.2. The van der Waals surface area contributed by atoms with Crippen LogP contribution in [0.5, 0.6) is 0 Å². The van der Waals surface area contributed by atoms with Crippen LogP contribution in [0.4, 0.5) is 0 Å². The molecule has 84 valence electrons. The fraction of sp³-hybridized carbons (Fsp3) is 0.500. The molecule has 1 aromatic rings. The first-order valence-electron chi connectivity index (χ1n) is 6.88. The monoisotopic (exact) mass is 213 g/mol. The van der Waals surface area contributed by atoms with Crippen molar-refractivity contribution in [3.8, 4) is 0 Å². The van der Waals surface area contributed by atoms with Crippen LogP contribution in [0.25, 0.3) is 0 Å². The molecule has 0 aliphatic carbocycles. The maximum atomic E-state index is 8.88. The van der Waals surface area contributed by atoms with E-state index in [2.05, 4.69) is 5.32 Å². The highest BCUT2D eigenvalue weighted by Gasteiger charge is 1.91. The van der Waals surface area contributed by atoms with E-state index in [-0.39, 0.29) is 19.6 Å². The van der Waals surface area contributed by atoms with Crippen molar-refractivity contribution in [3.63, 3.8) is 0 Å². The molecule has 1 rings (SSSR count). The van der Waals surface area contributed by atoms with Crippen LogP contribution in [0, 0.1) is 0 Å². The lowest BCUT2D eigenvalue weighted by molar-refractivity contribution is 0.122. The average Bonchev–Trinajstić information content (AvgIpc) is 2.28. The molecule has 0 aliphatic heterocycles. The molecule has 0 atom stereocenters. The Hall–Kier alpha value is -0.900. The smallest absolute Gasteiger partial charge is 0.0717 e. The van der Waals surface area contributed by atoms with E-state index in [0.29, 0.717) is 6.61 Å². The van der Waals surface area contributed by atoms with E-state index < -0.39 is 13.1 Å². The SMILES string of the molecule is [2H]C([2H])(O)CCNC([2H])([2H])COCc1ccccc1. The van der Waals surface area contributed by atoms with Crippen LogP contribution < -0.4 is 5.32 Å². The first-order chi connectivity index (χ1) is 8.79. The Kier molecular flexibility index (Phi) is 4.14. The molecule has 1 aromatic carbocycles. The quantitative estimate of drug-likeness (QED) is 0.681. The van der Waals surface area contributed by atoms with Crippen LogP contribution in [0.15, 0.2) is 30.3 Å². The third kappa shape index (κ3) is 6.23. The van der Waals surface area contributed by atoms with Gasteiger partial charge in [-0.3, -0.25) is 0 Å². The van der Waals surface area contributed by atoms with Gasteiger partial charge in [0.05, 0.1) is 16.0 Å². The summed E-state index contributed by atoms with van der Waals surface area (Å²) < 4.78 is 34.4. The first-order valence-corrected chi connectivity index (χ1v) is 4.88. The summed E-state index contributed by atoms with van der Waals surface area (Å²) in [7, 11) is 0. The molecule has 0 radical (unpaired) electrons. The molecule has 0 amide bonds. The molecule has 0 aliphatic rings. The van der Waals surface area contributed by atoms with Gasteiger partial charge in [-0.05, 0) is 18.5 Å². The molecular formula is C12H19NO2. The van der Waals surface area contributed by atoms with E-state index in [4.69, 9.17) is 15.3 Å².